The van der Waals surface area contributed by atoms with Gasteiger partial charge in [0.2, 0.25) is 5.91 Å². The number of hydrogen-bond acceptors (Lipinski definition) is 4. The summed E-state index contributed by atoms with van der Waals surface area (Å²) in [5, 5.41) is 12.4. The molecule has 2 N–H and O–H groups in total. The Balaban J connectivity index is 2.40. The molecular formula is C11H11NO4. The third kappa shape index (κ3) is 1.65. The van der Waals surface area contributed by atoms with Crippen LogP contribution in [0.25, 0.3) is 0 Å². The molecule has 0 aliphatic carbocycles. The Kier molecular flexibility index (Phi) is 2.62. The van der Waals surface area contributed by atoms with Crippen LogP contribution in [0, 0.1) is 0 Å². The highest BCUT2D eigenvalue weighted by Crippen LogP contribution is 2.30. The molecule has 0 saturated carbocycles. The number of aliphatic hydroxyl groups is 1. The number of esters is 1. The maximum absolute atomic E-state index is 11.2. The van der Waals surface area contributed by atoms with E-state index in [9.17, 15) is 14.7 Å². The molecule has 0 saturated heterocycles. The first-order chi connectivity index (χ1) is 7.63. The highest BCUT2D eigenvalue weighted by molar-refractivity contribution is 6.00. The van der Waals surface area contributed by atoms with Crippen LogP contribution in [0.4, 0.5) is 5.69 Å². The molecule has 1 aliphatic rings. The van der Waals surface area contributed by atoms with Gasteiger partial charge in [-0.3, -0.25) is 4.79 Å². The third-order valence-electron chi connectivity index (χ3n) is 2.54. The third-order valence-corrected chi connectivity index (χ3v) is 2.54. The fourth-order valence-electron chi connectivity index (χ4n) is 1.77. The number of methoxy groups -OCH3 is 1. The predicted octanol–water partition coefficient (Wildman–Crippen LogP) is 0.388. The van der Waals surface area contributed by atoms with Gasteiger partial charge in [-0.1, -0.05) is 12.1 Å². The number of aliphatic hydroxyl groups excluding tert-OH is 1. The molecule has 0 aromatic heterocycles. The van der Waals surface area contributed by atoms with E-state index in [1.54, 1.807) is 18.2 Å². The van der Waals surface area contributed by atoms with E-state index in [1.807, 2.05) is 0 Å². The largest absolute Gasteiger partial charge is 0.467 e. The molecule has 2 rings (SSSR count). The Morgan fingerprint density at radius 3 is 3.00 bits per heavy atom. The maximum atomic E-state index is 11.2. The minimum absolute atomic E-state index is 0.139. The van der Waals surface area contributed by atoms with Crippen LogP contribution in [0.3, 0.4) is 0 Å². The zero-order valence-electron chi connectivity index (χ0n) is 8.69. The minimum Gasteiger partial charge on any atom is -0.467 e. The quantitative estimate of drug-likeness (QED) is 0.708. The van der Waals surface area contributed by atoms with Crippen LogP contribution in [0.1, 0.15) is 17.2 Å². The predicted molar refractivity (Wildman–Crippen MR) is 55.8 cm³/mol. The zero-order valence-corrected chi connectivity index (χ0v) is 8.69. The highest BCUT2D eigenvalue weighted by atomic mass is 16.5. The van der Waals surface area contributed by atoms with Crippen LogP contribution in [0.2, 0.25) is 0 Å². The van der Waals surface area contributed by atoms with Crippen molar-refractivity contribution in [1.29, 1.82) is 0 Å². The number of nitrogens with one attached hydrogen (secondary N) is 1. The second kappa shape index (κ2) is 3.94. The Bertz CT molecular complexity index is 455. The number of carbonyl (C=O) groups is 2. The van der Waals surface area contributed by atoms with E-state index in [0.717, 1.165) is 0 Å². The Labute approximate surface area is 92.0 Å². The van der Waals surface area contributed by atoms with Crippen LogP contribution in [0.15, 0.2) is 18.2 Å². The van der Waals surface area contributed by atoms with Gasteiger partial charge in [-0.15, -0.1) is 0 Å². The van der Waals surface area contributed by atoms with Gasteiger partial charge in [-0.2, -0.15) is 0 Å². The molecule has 5 heteroatoms. The van der Waals surface area contributed by atoms with E-state index in [1.165, 1.54) is 7.11 Å². The number of benzene rings is 1. The zero-order chi connectivity index (χ0) is 11.7. The molecular weight excluding hydrogens is 210 g/mol. The van der Waals surface area contributed by atoms with Crippen molar-refractivity contribution in [3.8, 4) is 0 Å². The van der Waals surface area contributed by atoms with Gasteiger partial charge in [0.15, 0.2) is 6.10 Å². The molecule has 0 spiro atoms. The molecule has 1 atom stereocenters. The first-order valence-electron chi connectivity index (χ1n) is 4.81. The molecule has 16 heavy (non-hydrogen) atoms. The Morgan fingerprint density at radius 2 is 2.31 bits per heavy atom. The van der Waals surface area contributed by atoms with Gasteiger partial charge in [0, 0.05) is 5.69 Å². The number of rotatable bonds is 2. The van der Waals surface area contributed by atoms with E-state index >= 15 is 0 Å². The lowest BCUT2D eigenvalue weighted by Gasteiger charge is -2.11. The molecule has 1 unspecified atom stereocenters. The molecule has 84 valence electrons. The van der Waals surface area contributed by atoms with Crippen LogP contribution >= 0.6 is 0 Å². The Hall–Kier alpha value is -1.88. The lowest BCUT2D eigenvalue weighted by atomic mass is 10.00. The monoisotopic (exact) mass is 221 g/mol. The van der Waals surface area contributed by atoms with Gasteiger partial charge in [-0.25, -0.2) is 4.79 Å². The number of ether oxygens (including phenoxy) is 1. The first kappa shape index (κ1) is 10.6. The minimum atomic E-state index is -1.34. The van der Waals surface area contributed by atoms with E-state index in [-0.39, 0.29) is 12.3 Å². The molecule has 0 bridgehead atoms. The van der Waals surface area contributed by atoms with Crippen LogP contribution in [-0.2, 0) is 20.7 Å². The molecule has 1 aromatic rings. The fraction of sp³-hybridized carbons (Fsp3) is 0.273. The summed E-state index contributed by atoms with van der Waals surface area (Å²) in [7, 11) is 1.21. The number of amides is 1. The normalized spacial score (nSPS) is 15.2. The second-order valence-electron chi connectivity index (χ2n) is 3.52. The second-order valence-corrected chi connectivity index (χ2v) is 3.52. The summed E-state index contributed by atoms with van der Waals surface area (Å²) in [6.07, 6.45) is -1.16. The van der Waals surface area contributed by atoms with Crippen LogP contribution < -0.4 is 5.32 Å². The van der Waals surface area contributed by atoms with Crippen molar-refractivity contribution in [3.05, 3.63) is 29.3 Å². The summed E-state index contributed by atoms with van der Waals surface area (Å²) in [5.41, 5.74) is 1.72. The van der Waals surface area contributed by atoms with E-state index in [4.69, 9.17) is 0 Å². The number of hydrogen-bond donors (Lipinski definition) is 2. The molecule has 5 nitrogen and oxygen atoms in total. The van der Waals surface area contributed by atoms with Gasteiger partial charge >= 0.3 is 5.97 Å². The van der Waals surface area contributed by atoms with E-state index in [0.29, 0.717) is 16.8 Å². The fourth-order valence-corrected chi connectivity index (χ4v) is 1.77. The number of fused-ring (bicyclic) bond motifs is 1. The van der Waals surface area contributed by atoms with E-state index in [2.05, 4.69) is 10.1 Å². The number of carbonyl (C=O) groups excluding carboxylic acids is 2. The van der Waals surface area contributed by atoms with E-state index < -0.39 is 12.1 Å². The summed E-state index contributed by atoms with van der Waals surface area (Å²) < 4.78 is 4.46. The molecule has 0 radical (unpaired) electrons. The molecule has 0 fully saturated rings. The number of anilines is 1. The van der Waals surface area contributed by atoms with Crippen molar-refractivity contribution >= 4 is 17.6 Å². The molecule has 1 aliphatic heterocycles. The van der Waals surface area contributed by atoms with Crippen molar-refractivity contribution < 1.29 is 19.4 Å². The van der Waals surface area contributed by atoms with Crippen molar-refractivity contribution in [2.24, 2.45) is 0 Å². The smallest absolute Gasteiger partial charge is 0.339 e. The Morgan fingerprint density at radius 1 is 1.56 bits per heavy atom. The van der Waals surface area contributed by atoms with Gasteiger partial charge in [0.05, 0.1) is 13.5 Å². The SMILES string of the molecule is COC(=O)C(O)c1cccc2c1CC(=O)N2. The van der Waals surface area contributed by atoms with Crippen LogP contribution in [0.5, 0.6) is 0 Å². The summed E-state index contributed by atoms with van der Waals surface area (Å²) >= 11 is 0. The van der Waals surface area contributed by atoms with Crippen molar-refractivity contribution in [2.45, 2.75) is 12.5 Å². The lowest BCUT2D eigenvalue weighted by Crippen LogP contribution is -2.15. The summed E-state index contributed by atoms with van der Waals surface area (Å²) in [6.45, 7) is 0. The molecule has 1 aromatic carbocycles. The van der Waals surface area contributed by atoms with Gasteiger partial charge in [0.25, 0.3) is 0 Å². The van der Waals surface area contributed by atoms with Gasteiger partial charge in [-0.05, 0) is 17.2 Å². The highest BCUT2D eigenvalue weighted by Gasteiger charge is 2.27. The first-order valence-corrected chi connectivity index (χ1v) is 4.81. The summed E-state index contributed by atoms with van der Waals surface area (Å²) in [4.78, 5) is 22.4. The molecule has 1 heterocycles. The molecule has 1 amide bonds. The van der Waals surface area contributed by atoms with Crippen molar-refractivity contribution in [2.75, 3.05) is 12.4 Å². The van der Waals surface area contributed by atoms with Gasteiger partial charge < -0.3 is 15.2 Å². The van der Waals surface area contributed by atoms with Crippen molar-refractivity contribution in [1.82, 2.24) is 0 Å². The van der Waals surface area contributed by atoms with Gasteiger partial charge in [0.1, 0.15) is 0 Å². The van der Waals surface area contributed by atoms with Crippen LogP contribution in [-0.4, -0.2) is 24.1 Å². The summed E-state index contributed by atoms with van der Waals surface area (Å²) in [5.74, 6) is -0.868. The lowest BCUT2D eigenvalue weighted by molar-refractivity contribution is -0.150. The summed E-state index contributed by atoms with van der Waals surface area (Å²) in [6, 6.07) is 5.01. The topological polar surface area (TPSA) is 75.6 Å². The van der Waals surface area contributed by atoms with Crippen molar-refractivity contribution in [3.63, 3.8) is 0 Å². The average Bonchev–Trinajstić information content (AvgIpc) is 2.66. The maximum Gasteiger partial charge on any atom is 0.339 e. The average molecular weight is 221 g/mol. The standard InChI is InChI=1S/C11H11NO4/c1-16-11(15)10(14)6-3-2-4-8-7(6)5-9(13)12-8/h2-4,10,14H,5H2,1H3,(H,12,13).